The molecule has 1 aliphatic heterocycles. The van der Waals surface area contributed by atoms with Gasteiger partial charge in [-0.3, -0.25) is 4.79 Å². The Morgan fingerprint density at radius 1 is 1.71 bits per heavy atom. The van der Waals surface area contributed by atoms with Crippen molar-refractivity contribution in [2.45, 2.75) is 51.4 Å². The van der Waals surface area contributed by atoms with Gasteiger partial charge in [-0.1, -0.05) is 20.3 Å². The molecule has 0 aromatic heterocycles. The van der Waals surface area contributed by atoms with Crippen LogP contribution in [0.1, 0.15) is 33.1 Å². The number of alkyl halides is 1. The van der Waals surface area contributed by atoms with Gasteiger partial charge < -0.3 is 10.6 Å². The average molecular weight is 241 g/mol. The predicted octanol–water partition coefficient (Wildman–Crippen LogP) is 1.21. The number of nitrogens with two attached hydrogens (primary N) is 1. The summed E-state index contributed by atoms with van der Waals surface area (Å²) < 4.78 is 13.2. The van der Waals surface area contributed by atoms with Gasteiger partial charge in [0, 0.05) is 6.42 Å². The normalized spacial score (nSPS) is 27.6. The van der Waals surface area contributed by atoms with E-state index >= 15 is 0 Å². The molecule has 5 heteroatoms. The molecule has 0 bridgehead atoms. The maximum absolute atomic E-state index is 13.2. The average Bonchev–Trinajstić information content (AvgIpc) is 2.69. The van der Waals surface area contributed by atoms with Crippen molar-refractivity contribution in [1.82, 2.24) is 4.90 Å². The van der Waals surface area contributed by atoms with Crippen LogP contribution in [0.5, 0.6) is 0 Å². The topological polar surface area (TPSA) is 70.1 Å². The van der Waals surface area contributed by atoms with Crippen molar-refractivity contribution in [2.24, 2.45) is 11.7 Å². The standard InChI is InChI=1S/C12H20FN3O/c1-3-8(2)4-11(15)12(17)16-7-9(13)5-10(16)6-14/h8-11H,3-5,7,15H2,1-2H3/t8?,9?,10-,11?/m0/s1. The van der Waals surface area contributed by atoms with Crippen LogP contribution in [-0.4, -0.2) is 35.6 Å². The van der Waals surface area contributed by atoms with E-state index in [2.05, 4.69) is 0 Å². The van der Waals surface area contributed by atoms with Gasteiger partial charge in [0.25, 0.3) is 0 Å². The summed E-state index contributed by atoms with van der Waals surface area (Å²) in [6.07, 6.45) is 0.549. The summed E-state index contributed by atoms with van der Waals surface area (Å²) in [5.41, 5.74) is 5.81. The van der Waals surface area contributed by atoms with Crippen LogP contribution in [0.25, 0.3) is 0 Å². The van der Waals surface area contributed by atoms with Crippen LogP contribution < -0.4 is 5.73 Å². The molecule has 2 N–H and O–H groups in total. The second kappa shape index (κ2) is 5.97. The molecule has 0 aliphatic carbocycles. The van der Waals surface area contributed by atoms with E-state index in [0.717, 1.165) is 6.42 Å². The second-order valence-electron chi connectivity index (χ2n) is 4.82. The maximum atomic E-state index is 13.2. The molecule has 0 aromatic rings. The van der Waals surface area contributed by atoms with E-state index in [9.17, 15) is 9.18 Å². The highest BCUT2D eigenvalue weighted by Gasteiger charge is 2.37. The summed E-state index contributed by atoms with van der Waals surface area (Å²) in [5.74, 6) is 0.0651. The van der Waals surface area contributed by atoms with Gasteiger partial charge in [0.15, 0.2) is 0 Å². The fourth-order valence-electron chi connectivity index (χ4n) is 2.06. The smallest absolute Gasteiger partial charge is 0.240 e. The quantitative estimate of drug-likeness (QED) is 0.804. The largest absolute Gasteiger partial charge is 0.322 e. The van der Waals surface area contributed by atoms with Crippen molar-refractivity contribution < 1.29 is 9.18 Å². The third kappa shape index (κ3) is 3.40. The van der Waals surface area contributed by atoms with Crippen LogP contribution >= 0.6 is 0 Å². The fraction of sp³-hybridized carbons (Fsp3) is 0.833. The summed E-state index contributed by atoms with van der Waals surface area (Å²) in [5, 5.41) is 8.86. The van der Waals surface area contributed by atoms with Crippen LogP contribution in [-0.2, 0) is 4.79 Å². The molecule has 1 amide bonds. The summed E-state index contributed by atoms with van der Waals surface area (Å²) in [6.45, 7) is 4.06. The number of likely N-dealkylation sites (tertiary alicyclic amines) is 1. The van der Waals surface area contributed by atoms with E-state index < -0.39 is 18.3 Å². The minimum absolute atomic E-state index is 0.00522. The Morgan fingerprint density at radius 2 is 2.35 bits per heavy atom. The molecule has 4 nitrogen and oxygen atoms in total. The highest BCUT2D eigenvalue weighted by atomic mass is 19.1. The number of hydrogen-bond donors (Lipinski definition) is 1. The molecule has 1 saturated heterocycles. The lowest BCUT2D eigenvalue weighted by Crippen LogP contribution is -2.46. The highest BCUT2D eigenvalue weighted by Crippen LogP contribution is 2.21. The maximum Gasteiger partial charge on any atom is 0.240 e. The molecule has 17 heavy (non-hydrogen) atoms. The van der Waals surface area contributed by atoms with Crippen molar-refractivity contribution in [3.8, 4) is 6.07 Å². The summed E-state index contributed by atoms with van der Waals surface area (Å²) >= 11 is 0. The van der Waals surface area contributed by atoms with Crippen LogP contribution in [0, 0.1) is 17.2 Å². The van der Waals surface area contributed by atoms with Gasteiger partial charge in [0.2, 0.25) is 5.91 Å². The second-order valence-corrected chi connectivity index (χ2v) is 4.82. The first-order chi connectivity index (χ1) is 7.99. The Bertz CT molecular complexity index is 315. The zero-order chi connectivity index (χ0) is 13.0. The van der Waals surface area contributed by atoms with Gasteiger partial charge in [-0.2, -0.15) is 5.26 Å². The van der Waals surface area contributed by atoms with Gasteiger partial charge in [0.1, 0.15) is 12.2 Å². The Morgan fingerprint density at radius 3 is 2.88 bits per heavy atom. The van der Waals surface area contributed by atoms with Crippen molar-refractivity contribution in [1.29, 1.82) is 5.26 Å². The van der Waals surface area contributed by atoms with E-state index in [1.54, 1.807) is 0 Å². The lowest BCUT2D eigenvalue weighted by molar-refractivity contribution is -0.133. The number of carbonyl (C=O) groups excluding carboxylic acids is 1. The number of amides is 1. The minimum Gasteiger partial charge on any atom is -0.322 e. The Kier molecular flexibility index (Phi) is 4.88. The predicted molar refractivity (Wildman–Crippen MR) is 62.7 cm³/mol. The number of nitrogens with zero attached hydrogens (tertiary/aromatic N) is 2. The van der Waals surface area contributed by atoms with Crippen molar-refractivity contribution in [3.63, 3.8) is 0 Å². The lowest BCUT2D eigenvalue weighted by Gasteiger charge is -2.24. The van der Waals surface area contributed by atoms with Crippen molar-refractivity contribution in [3.05, 3.63) is 0 Å². The monoisotopic (exact) mass is 241 g/mol. The van der Waals surface area contributed by atoms with Gasteiger partial charge in [-0.05, 0) is 12.3 Å². The van der Waals surface area contributed by atoms with Crippen molar-refractivity contribution >= 4 is 5.91 Å². The number of hydrogen-bond acceptors (Lipinski definition) is 3. The van der Waals surface area contributed by atoms with Gasteiger partial charge in [-0.15, -0.1) is 0 Å². The molecule has 1 aliphatic rings. The first-order valence-electron chi connectivity index (χ1n) is 6.09. The fourth-order valence-corrected chi connectivity index (χ4v) is 2.06. The van der Waals surface area contributed by atoms with E-state index in [1.165, 1.54) is 4.90 Å². The molecule has 4 atom stereocenters. The molecule has 1 rings (SSSR count). The third-order valence-corrected chi connectivity index (χ3v) is 3.35. The molecule has 96 valence electrons. The van der Waals surface area contributed by atoms with Crippen molar-refractivity contribution in [2.75, 3.05) is 6.54 Å². The SMILES string of the molecule is CCC(C)CC(N)C(=O)N1CC(F)C[C@H]1C#N. The summed E-state index contributed by atoms with van der Waals surface area (Å²) in [7, 11) is 0. The van der Waals surface area contributed by atoms with E-state index in [1.807, 2.05) is 19.9 Å². The number of carbonyl (C=O) groups is 1. The Balaban J connectivity index is 2.60. The summed E-state index contributed by atoms with van der Waals surface area (Å²) in [4.78, 5) is 13.3. The number of rotatable bonds is 4. The van der Waals surface area contributed by atoms with E-state index in [0.29, 0.717) is 12.3 Å². The molecule has 0 saturated carbocycles. The van der Waals surface area contributed by atoms with Crippen LogP contribution in [0.4, 0.5) is 4.39 Å². The Labute approximate surface area is 102 Å². The zero-order valence-electron chi connectivity index (χ0n) is 10.4. The van der Waals surface area contributed by atoms with Crippen LogP contribution in [0.15, 0.2) is 0 Å². The Hall–Kier alpha value is -1.15. The number of nitriles is 1. The third-order valence-electron chi connectivity index (χ3n) is 3.35. The molecule has 1 heterocycles. The summed E-state index contributed by atoms with van der Waals surface area (Å²) in [6, 6.07) is 0.685. The zero-order valence-corrected chi connectivity index (χ0v) is 10.4. The molecule has 0 radical (unpaired) electrons. The molecule has 1 fully saturated rings. The molecule has 3 unspecified atom stereocenters. The molecule has 0 aromatic carbocycles. The van der Waals surface area contributed by atoms with Crippen LogP contribution in [0.3, 0.4) is 0 Å². The number of halogens is 1. The van der Waals surface area contributed by atoms with E-state index in [4.69, 9.17) is 11.0 Å². The van der Waals surface area contributed by atoms with E-state index in [-0.39, 0.29) is 18.9 Å². The molecular formula is C12H20FN3O. The first kappa shape index (κ1) is 13.9. The molecular weight excluding hydrogens is 221 g/mol. The van der Waals surface area contributed by atoms with Gasteiger partial charge in [-0.25, -0.2) is 4.39 Å². The van der Waals surface area contributed by atoms with Gasteiger partial charge >= 0.3 is 0 Å². The van der Waals surface area contributed by atoms with Gasteiger partial charge in [0.05, 0.1) is 18.7 Å². The molecule has 0 spiro atoms. The van der Waals surface area contributed by atoms with Crippen LogP contribution in [0.2, 0.25) is 0 Å². The lowest BCUT2D eigenvalue weighted by atomic mass is 9.99. The first-order valence-corrected chi connectivity index (χ1v) is 6.09. The highest BCUT2D eigenvalue weighted by molar-refractivity contribution is 5.82. The minimum atomic E-state index is -1.10.